The first-order valence-corrected chi connectivity index (χ1v) is 9.36. The number of fused-ring (bicyclic) bond motifs is 1. The summed E-state index contributed by atoms with van der Waals surface area (Å²) in [5.74, 6) is 0.551. The van der Waals surface area contributed by atoms with Crippen molar-refractivity contribution in [2.45, 2.75) is 39.8 Å². The number of sulfonamides is 1. The van der Waals surface area contributed by atoms with E-state index in [0.29, 0.717) is 12.5 Å². The molecule has 0 radical (unpaired) electrons. The Kier molecular flexibility index (Phi) is 5.41. The van der Waals surface area contributed by atoms with E-state index in [0.717, 1.165) is 19.5 Å². The van der Waals surface area contributed by atoms with Gasteiger partial charge in [0.15, 0.2) is 0 Å². The summed E-state index contributed by atoms with van der Waals surface area (Å²) in [6.07, 6.45) is 1.04. The van der Waals surface area contributed by atoms with E-state index in [9.17, 15) is 8.42 Å². The average molecular weight is 310 g/mol. The Bertz CT molecular complexity index is 569. The molecule has 0 amide bonds. The van der Waals surface area contributed by atoms with Crippen LogP contribution in [0, 0.1) is 5.92 Å². The second kappa shape index (κ2) is 6.90. The van der Waals surface area contributed by atoms with Gasteiger partial charge < -0.3 is 0 Å². The molecule has 1 aromatic carbocycles. The summed E-state index contributed by atoms with van der Waals surface area (Å²) >= 11 is 0. The molecule has 1 N–H and O–H groups in total. The smallest absolute Gasteiger partial charge is 0.211 e. The van der Waals surface area contributed by atoms with Gasteiger partial charge in [0.2, 0.25) is 10.0 Å². The molecule has 1 heterocycles. The van der Waals surface area contributed by atoms with Gasteiger partial charge >= 0.3 is 0 Å². The van der Waals surface area contributed by atoms with Gasteiger partial charge in [0.1, 0.15) is 0 Å². The van der Waals surface area contributed by atoms with Crippen molar-refractivity contribution in [3.63, 3.8) is 0 Å². The molecule has 0 saturated carbocycles. The molecule has 5 heteroatoms. The third-order valence-electron chi connectivity index (χ3n) is 4.29. The Balaban J connectivity index is 2.06. The zero-order chi connectivity index (χ0) is 15.5. The SMILES string of the molecule is CCS(=O)(=O)NCC(C(C)C)N1CCc2ccccc2C1. The second-order valence-electron chi connectivity index (χ2n) is 6.05. The molecule has 4 nitrogen and oxygen atoms in total. The van der Waals surface area contributed by atoms with E-state index in [-0.39, 0.29) is 11.8 Å². The van der Waals surface area contributed by atoms with Gasteiger partial charge in [0.25, 0.3) is 0 Å². The molecule has 0 bridgehead atoms. The summed E-state index contributed by atoms with van der Waals surface area (Å²) in [6.45, 7) is 8.39. The number of nitrogens with one attached hydrogen (secondary N) is 1. The van der Waals surface area contributed by atoms with Crippen molar-refractivity contribution in [1.82, 2.24) is 9.62 Å². The molecular weight excluding hydrogens is 284 g/mol. The number of hydrogen-bond acceptors (Lipinski definition) is 3. The van der Waals surface area contributed by atoms with E-state index in [4.69, 9.17) is 0 Å². The van der Waals surface area contributed by atoms with Crippen LogP contribution in [0.2, 0.25) is 0 Å². The Morgan fingerprint density at radius 1 is 1.24 bits per heavy atom. The molecule has 1 aliphatic rings. The molecule has 0 aromatic heterocycles. The molecular formula is C16H26N2O2S. The summed E-state index contributed by atoms with van der Waals surface area (Å²) in [4.78, 5) is 2.41. The fourth-order valence-electron chi connectivity index (χ4n) is 2.90. The largest absolute Gasteiger partial charge is 0.294 e. The van der Waals surface area contributed by atoms with E-state index in [2.05, 4.69) is 47.7 Å². The number of benzene rings is 1. The Labute approximate surface area is 128 Å². The van der Waals surface area contributed by atoms with Crippen LogP contribution in [0.5, 0.6) is 0 Å². The lowest BCUT2D eigenvalue weighted by atomic mass is 9.95. The van der Waals surface area contributed by atoms with Crippen LogP contribution >= 0.6 is 0 Å². The van der Waals surface area contributed by atoms with Crippen LogP contribution in [-0.2, 0) is 23.0 Å². The summed E-state index contributed by atoms with van der Waals surface area (Å²) < 4.78 is 26.1. The predicted molar refractivity (Wildman–Crippen MR) is 86.6 cm³/mol. The van der Waals surface area contributed by atoms with Crippen LogP contribution in [-0.4, -0.2) is 38.2 Å². The molecule has 1 atom stereocenters. The Hall–Kier alpha value is -0.910. The third kappa shape index (κ3) is 4.28. The normalized spacial score (nSPS) is 17.7. The van der Waals surface area contributed by atoms with Gasteiger partial charge in [-0.3, -0.25) is 4.90 Å². The summed E-state index contributed by atoms with van der Waals surface area (Å²) in [5, 5.41) is 0. The van der Waals surface area contributed by atoms with Gasteiger partial charge in [-0.15, -0.1) is 0 Å². The average Bonchev–Trinajstić information content (AvgIpc) is 2.47. The minimum Gasteiger partial charge on any atom is -0.294 e. The maximum atomic E-state index is 11.7. The lowest BCUT2D eigenvalue weighted by molar-refractivity contribution is 0.141. The van der Waals surface area contributed by atoms with Crippen molar-refractivity contribution >= 4 is 10.0 Å². The molecule has 0 saturated heterocycles. The number of rotatable bonds is 6. The quantitative estimate of drug-likeness (QED) is 0.874. The molecule has 118 valence electrons. The first kappa shape index (κ1) is 16.5. The van der Waals surface area contributed by atoms with Crippen LogP contribution in [0.3, 0.4) is 0 Å². The maximum Gasteiger partial charge on any atom is 0.211 e. The fourth-order valence-corrected chi connectivity index (χ4v) is 3.53. The lowest BCUT2D eigenvalue weighted by Gasteiger charge is -2.37. The first-order chi connectivity index (χ1) is 9.93. The fraction of sp³-hybridized carbons (Fsp3) is 0.625. The van der Waals surface area contributed by atoms with Crippen molar-refractivity contribution in [2.24, 2.45) is 5.92 Å². The molecule has 1 aliphatic heterocycles. The van der Waals surface area contributed by atoms with E-state index in [1.807, 2.05) is 0 Å². The van der Waals surface area contributed by atoms with Crippen molar-refractivity contribution < 1.29 is 8.42 Å². The molecule has 0 fully saturated rings. The van der Waals surface area contributed by atoms with Gasteiger partial charge in [-0.2, -0.15) is 0 Å². The van der Waals surface area contributed by atoms with Crippen LogP contribution in [0.1, 0.15) is 31.9 Å². The minimum atomic E-state index is -3.12. The molecule has 1 unspecified atom stereocenters. The second-order valence-corrected chi connectivity index (χ2v) is 8.15. The van der Waals surface area contributed by atoms with E-state index in [1.54, 1.807) is 6.92 Å². The van der Waals surface area contributed by atoms with Crippen LogP contribution in [0.15, 0.2) is 24.3 Å². The van der Waals surface area contributed by atoms with E-state index < -0.39 is 10.0 Å². The number of hydrogen-bond donors (Lipinski definition) is 1. The highest BCUT2D eigenvalue weighted by molar-refractivity contribution is 7.89. The van der Waals surface area contributed by atoms with Crippen LogP contribution in [0.4, 0.5) is 0 Å². The first-order valence-electron chi connectivity index (χ1n) is 7.71. The van der Waals surface area contributed by atoms with Crippen LogP contribution in [0.25, 0.3) is 0 Å². The topological polar surface area (TPSA) is 49.4 Å². The molecule has 2 rings (SSSR count). The van der Waals surface area contributed by atoms with Crippen molar-refractivity contribution in [3.05, 3.63) is 35.4 Å². The van der Waals surface area contributed by atoms with E-state index >= 15 is 0 Å². The summed E-state index contributed by atoms with van der Waals surface area (Å²) in [5.41, 5.74) is 2.79. The monoisotopic (exact) mass is 310 g/mol. The Morgan fingerprint density at radius 2 is 1.90 bits per heavy atom. The molecule has 0 spiro atoms. The summed E-state index contributed by atoms with van der Waals surface area (Å²) in [6, 6.07) is 8.77. The third-order valence-corrected chi connectivity index (χ3v) is 5.66. The van der Waals surface area contributed by atoms with Crippen LogP contribution < -0.4 is 4.72 Å². The lowest BCUT2D eigenvalue weighted by Crippen LogP contribution is -2.48. The Morgan fingerprint density at radius 3 is 2.52 bits per heavy atom. The van der Waals surface area contributed by atoms with E-state index in [1.165, 1.54) is 11.1 Å². The standard InChI is InChI=1S/C16H26N2O2S/c1-4-21(19,20)17-11-16(13(2)3)18-10-9-14-7-5-6-8-15(14)12-18/h5-8,13,16-17H,4,9-12H2,1-3H3. The highest BCUT2D eigenvalue weighted by Crippen LogP contribution is 2.22. The zero-order valence-corrected chi connectivity index (χ0v) is 14.0. The number of nitrogens with zero attached hydrogens (tertiary/aromatic N) is 1. The van der Waals surface area contributed by atoms with Gasteiger partial charge in [-0.05, 0) is 30.4 Å². The van der Waals surface area contributed by atoms with Gasteiger partial charge in [-0.1, -0.05) is 38.1 Å². The molecule has 1 aromatic rings. The highest BCUT2D eigenvalue weighted by atomic mass is 32.2. The predicted octanol–water partition coefficient (Wildman–Crippen LogP) is 2.01. The molecule has 0 aliphatic carbocycles. The van der Waals surface area contributed by atoms with Gasteiger partial charge in [-0.25, -0.2) is 13.1 Å². The van der Waals surface area contributed by atoms with Gasteiger partial charge in [0, 0.05) is 25.7 Å². The van der Waals surface area contributed by atoms with Gasteiger partial charge in [0.05, 0.1) is 5.75 Å². The summed E-state index contributed by atoms with van der Waals surface area (Å²) in [7, 11) is -3.12. The minimum absolute atomic E-state index is 0.140. The maximum absolute atomic E-state index is 11.7. The van der Waals surface area contributed by atoms with Crippen molar-refractivity contribution in [2.75, 3.05) is 18.8 Å². The van der Waals surface area contributed by atoms with Crippen molar-refractivity contribution in [3.8, 4) is 0 Å². The highest BCUT2D eigenvalue weighted by Gasteiger charge is 2.26. The molecule has 21 heavy (non-hydrogen) atoms. The zero-order valence-electron chi connectivity index (χ0n) is 13.2. The van der Waals surface area contributed by atoms with Crippen molar-refractivity contribution in [1.29, 1.82) is 0 Å².